The number of hydrogen-bond donors (Lipinski definition) is 1. The summed E-state index contributed by atoms with van der Waals surface area (Å²) in [6.45, 7) is -0.165. The lowest BCUT2D eigenvalue weighted by atomic mass is 10.1. The van der Waals surface area contributed by atoms with Gasteiger partial charge in [0.2, 0.25) is 0 Å². The van der Waals surface area contributed by atoms with Crippen molar-refractivity contribution in [2.24, 2.45) is 0 Å². The summed E-state index contributed by atoms with van der Waals surface area (Å²) in [6, 6.07) is 31.2. The number of rotatable bonds is 7. The van der Waals surface area contributed by atoms with E-state index in [4.69, 9.17) is 4.98 Å². The van der Waals surface area contributed by atoms with Gasteiger partial charge in [-0.3, -0.25) is 4.98 Å². The normalized spacial score (nSPS) is 11.1. The number of halogens is 1. The van der Waals surface area contributed by atoms with Gasteiger partial charge >= 0.3 is 0 Å². The van der Waals surface area contributed by atoms with Crippen LogP contribution >= 0.6 is 35.3 Å². The molecule has 0 atom stereocenters. The van der Waals surface area contributed by atoms with Crippen LogP contribution in [0.2, 0.25) is 0 Å². The molecule has 34 heavy (non-hydrogen) atoms. The Labute approximate surface area is 210 Å². The molecule has 2 nitrogen and oxygen atoms in total. The summed E-state index contributed by atoms with van der Waals surface area (Å²) in [5.74, 6) is -0.299. The van der Waals surface area contributed by atoms with E-state index in [1.165, 1.54) is 35.3 Å². The molecule has 0 aliphatic carbocycles. The quantitative estimate of drug-likeness (QED) is 0.242. The van der Waals surface area contributed by atoms with Crippen molar-refractivity contribution < 1.29 is 9.50 Å². The molecule has 0 unspecified atom stereocenters. The highest BCUT2D eigenvalue weighted by Crippen LogP contribution is 2.46. The molecule has 5 rings (SSSR count). The molecule has 0 bridgehead atoms. The van der Waals surface area contributed by atoms with Crippen molar-refractivity contribution in [2.45, 2.75) is 36.0 Å². The fraction of sp³-hybridized carbons (Fsp3) is 0.0357. The van der Waals surface area contributed by atoms with Crippen molar-refractivity contribution >= 4 is 46.2 Å². The predicted molar refractivity (Wildman–Crippen MR) is 139 cm³/mol. The van der Waals surface area contributed by atoms with E-state index in [0.29, 0.717) is 15.8 Å². The van der Waals surface area contributed by atoms with E-state index in [-0.39, 0.29) is 12.4 Å². The molecule has 6 heteroatoms. The first-order valence-corrected chi connectivity index (χ1v) is 13.1. The van der Waals surface area contributed by atoms with Crippen molar-refractivity contribution in [1.29, 1.82) is 0 Å². The molecule has 0 saturated carbocycles. The minimum Gasteiger partial charge on any atom is -0.392 e. The highest BCUT2D eigenvalue weighted by Gasteiger charge is 2.21. The first kappa shape index (κ1) is 23.0. The molecule has 0 saturated heterocycles. The molecule has 0 spiro atoms. The Morgan fingerprint density at radius 2 is 1.12 bits per heavy atom. The van der Waals surface area contributed by atoms with E-state index in [2.05, 4.69) is 0 Å². The van der Waals surface area contributed by atoms with Gasteiger partial charge in [0, 0.05) is 36.7 Å². The van der Waals surface area contributed by atoms with E-state index >= 15 is 4.39 Å². The summed E-state index contributed by atoms with van der Waals surface area (Å²) < 4.78 is 15.8. The van der Waals surface area contributed by atoms with Crippen molar-refractivity contribution in [3.05, 3.63) is 115 Å². The third-order valence-electron chi connectivity index (χ3n) is 5.11. The predicted octanol–water partition coefficient (Wildman–Crippen LogP) is 8.32. The highest BCUT2D eigenvalue weighted by atomic mass is 32.2. The molecule has 0 aliphatic heterocycles. The van der Waals surface area contributed by atoms with Crippen LogP contribution < -0.4 is 0 Å². The number of fused-ring (bicyclic) bond motifs is 1. The summed E-state index contributed by atoms with van der Waals surface area (Å²) in [5.41, 5.74) is 1.41. The summed E-state index contributed by atoms with van der Waals surface area (Å²) in [7, 11) is 0. The molecule has 5 aromatic rings. The summed E-state index contributed by atoms with van der Waals surface area (Å²) >= 11 is 4.43. The summed E-state index contributed by atoms with van der Waals surface area (Å²) in [5, 5.41) is 10.7. The SMILES string of the molecule is OCc1cnc2c(Sc3ccccc3)c(Sc3ccccc3)c(F)cc2c1Sc1ccccc1. The first-order chi connectivity index (χ1) is 16.7. The van der Waals surface area contributed by atoms with E-state index in [1.807, 2.05) is 91.0 Å². The van der Waals surface area contributed by atoms with Crippen molar-refractivity contribution in [1.82, 2.24) is 4.98 Å². The maximum absolute atomic E-state index is 15.8. The molecule has 1 aromatic heterocycles. The van der Waals surface area contributed by atoms with Crippen molar-refractivity contribution in [3.63, 3.8) is 0 Å². The van der Waals surface area contributed by atoms with Gasteiger partial charge in [0.05, 0.1) is 21.9 Å². The zero-order chi connectivity index (χ0) is 23.3. The molecule has 0 fully saturated rings. The van der Waals surface area contributed by atoms with Gasteiger partial charge in [0.1, 0.15) is 5.82 Å². The molecular weight excluding hydrogens is 482 g/mol. The number of pyridine rings is 1. The second-order valence-corrected chi connectivity index (χ2v) is 10.7. The number of nitrogens with zero attached hydrogens (tertiary/aromatic N) is 1. The van der Waals surface area contributed by atoms with Crippen LogP contribution in [0.1, 0.15) is 5.56 Å². The maximum atomic E-state index is 15.8. The number of benzene rings is 4. The average molecular weight is 502 g/mol. The standard InChI is InChI=1S/C28H20FNOS3/c29-24-16-23-25(30-17-19(18-31)26(23)32-20-10-4-1-5-11-20)28(34-22-14-8-3-9-15-22)27(24)33-21-12-6-2-7-13-21/h1-17,31H,18H2. The maximum Gasteiger partial charge on any atom is 0.139 e. The Morgan fingerprint density at radius 3 is 1.62 bits per heavy atom. The lowest BCUT2D eigenvalue weighted by Gasteiger charge is -2.17. The van der Waals surface area contributed by atoms with E-state index < -0.39 is 0 Å². The van der Waals surface area contributed by atoms with Gasteiger partial charge in [-0.25, -0.2) is 4.39 Å². The molecule has 0 amide bonds. The smallest absolute Gasteiger partial charge is 0.139 e. The van der Waals surface area contributed by atoms with Crippen LogP contribution in [0.5, 0.6) is 0 Å². The Kier molecular flexibility index (Phi) is 7.21. The fourth-order valence-electron chi connectivity index (χ4n) is 3.52. The Bertz CT molecular complexity index is 1410. The van der Waals surface area contributed by atoms with Crippen LogP contribution in [0.15, 0.2) is 133 Å². The van der Waals surface area contributed by atoms with E-state index in [0.717, 1.165) is 30.0 Å². The van der Waals surface area contributed by atoms with Crippen LogP contribution in [0.4, 0.5) is 4.39 Å². The summed E-state index contributed by atoms with van der Waals surface area (Å²) in [4.78, 5) is 9.85. The molecule has 0 radical (unpaired) electrons. The van der Waals surface area contributed by atoms with Gasteiger partial charge in [-0.1, -0.05) is 89.9 Å². The van der Waals surface area contributed by atoms with E-state index in [9.17, 15) is 5.11 Å². The summed E-state index contributed by atoms with van der Waals surface area (Å²) in [6.07, 6.45) is 1.71. The molecule has 1 heterocycles. The van der Waals surface area contributed by atoms with Gasteiger partial charge in [-0.05, 0) is 42.5 Å². The van der Waals surface area contributed by atoms with Crippen LogP contribution in [0.3, 0.4) is 0 Å². The number of aromatic nitrogens is 1. The number of aliphatic hydroxyl groups excluding tert-OH is 1. The topological polar surface area (TPSA) is 33.1 Å². The van der Waals surface area contributed by atoms with E-state index in [1.54, 1.807) is 12.3 Å². The van der Waals surface area contributed by atoms with Crippen LogP contribution in [-0.2, 0) is 6.61 Å². The molecule has 0 aliphatic rings. The third kappa shape index (κ3) is 5.00. The monoisotopic (exact) mass is 501 g/mol. The van der Waals surface area contributed by atoms with Gasteiger partial charge in [-0.15, -0.1) is 0 Å². The van der Waals surface area contributed by atoms with Crippen LogP contribution in [-0.4, -0.2) is 10.1 Å². The van der Waals surface area contributed by atoms with Crippen molar-refractivity contribution in [2.75, 3.05) is 0 Å². The molecule has 1 N–H and O–H groups in total. The molecule has 168 valence electrons. The minimum absolute atomic E-state index is 0.165. The lowest BCUT2D eigenvalue weighted by molar-refractivity contribution is 0.279. The second-order valence-electron chi connectivity index (χ2n) is 7.43. The van der Waals surface area contributed by atoms with Crippen molar-refractivity contribution in [3.8, 4) is 0 Å². The average Bonchev–Trinajstić information content (AvgIpc) is 2.88. The Hall–Kier alpha value is -2.77. The number of aliphatic hydroxyl groups is 1. The fourth-order valence-corrected chi connectivity index (χ4v) is 6.66. The molecule has 4 aromatic carbocycles. The van der Waals surface area contributed by atoms with Crippen LogP contribution in [0.25, 0.3) is 10.9 Å². The van der Waals surface area contributed by atoms with Gasteiger partial charge in [-0.2, -0.15) is 0 Å². The second kappa shape index (κ2) is 10.7. The lowest BCUT2D eigenvalue weighted by Crippen LogP contribution is -1.97. The largest absolute Gasteiger partial charge is 0.392 e. The minimum atomic E-state index is -0.299. The van der Waals surface area contributed by atoms with Gasteiger partial charge in [0.15, 0.2) is 0 Å². The highest BCUT2D eigenvalue weighted by molar-refractivity contribution is 8.02. The van der Waals surface area contributed by atoms with Gasteiger partial charge in [0.25, 0.3) is 0 Å². The zero-order valence-electron chi connectivity index (χ0n) is 18.0. The first-order valence-electron chi connectivity index (χ1n) is 10.7. The van der Waals surface area contributed by atoms with Gasteiger partial charge < -0.3 is 5.11 Å². The van der Waals surface area contributed by atoms with Crippen LogP contribution in [0, 0.1) is 5.82 Å². The zero-order valence-corrected chi connectivity index (χ0v) is 20.5. The third-order valence-corrected chi connectivity index (χ3v) is 8.65. The molecular formula is C28H20FNOS3. The Balaban J connectivity index is 1.72. The Morgan fingerprint density at radius 1 is 0.647 bits per heavy atom. The number of hydrogen-bond acceptors (Lipinski definition) is 5.